The second-order valence-corrected chi connectivity index (χ2v) is 12.1. The average Bonchev–Trinajstić information content (AvgIpc) is 3.47. The Balaban J connectivity index is 1.55. The molecule has 2 atom stereocenters. The molecule has 0 radical (unpaired) electrons. The Bertz CT molecular complexity index is 855. The van der Waals surface area contributed by atoms with Gasteiger partial charge in [-0.1, -0.05) is 25.1 Å². The molecule has 2 saturated heterocycles. The van der Waals surface area contributed by atoms with Gasteiger partial charge >= 0.3 is 13.2 Å². The molecule has 2 heterocycles. The number of hydrogen-bond donors (Lipinski definition) is 0. The van der Waals surface area contributed by atoms with E-state index in [1.165, 1.54) is 24.0 Å². The van der Waals surface area contributed by atoms with E-state index >= 15 is 0 Å². The van der Waals surface area contributed by atoms with Gasteiger partial charge in [-0.05, 0) is 102 Å². The van der Waals surface area contributed by atoms with Crippen LogP contribution < -0.4 is 5.46 Å². The minimum Gasteiger partial charge on any atom is -0.444 e. The third-order valence-electron chi connectivity index (χ3n) is 7.56. The van der Waals surface area contributed by atoms with Crippen molar-refractivity contribution in [3.63, 3.8) is 0 Å². The maximum Gasteiger partial charge on any atom is 0.494 e. The van der Waals surface area contributed by atoms with Gasteiger partial charge in [0.25, 0.3) is 0 Å². The summed E-state index contributed by atoms with van der Waals surface area (Å²) in [6, 6.07) is 6.98. The highest BCUT2D eigenvalue weighted by Crippen LogP contribution is 2.43. The van der Waals surface area contributed by atoms with Crippen LogP contribution in [0.3, 0.4) is 0 Å². The Morgan fingerprint density at radius 2 is 1.62 bits per heavy atom. The second kappa shape index (κ2) is 8.05. The van der Waals surface area contributed by atoms with Gasteiger partial charge in [-0.15, -0.1) is 0 Å². The highest BCUT2D eigenvalue weighted by Gasteiger charge is 2.52. The van der Waals surface area contributed by atoms with Crippen molar-refractivity contribution in [2.75, 3.05) is 13.1 Å². The summed E-state index contributed by atoms with van der Waals surface area (Å²) in [4.78, 5) is 14.4. The minimum atomic E-state index is -0.465. The van der Waals surface area contributed by atoms with Crippen molar-refractivity contribution in [2.45, 2.75) is 103 Å². The molecule has 0 spiro atoms. The molecular formula is C26H40BNO4. The largest absolute Gasteiger partial charge is 0.494 e. The zero-order valence-corrected chi connectivity index (χ0v) is 21.2. The van der Waals surface area contributed by atoms with Gasteiger partial charge in [0.15, 0.2) is 0 Å². The van der Waals surface area contributed by atoms with Gasteiger partial charge in [-0.25, -0.2) is 4.79 Å². The van der Waals surface area contributed by atoms with Gasteiger partial charge in [0.2, 0.25) is 0 Å². The van der Waals surface area contributed by atoms with Crippen LogP contribution in [0.4, 0.5) is 4.79 Å². The van der Waals surface area contributed by atoms with E-state index in [0.717, 1.165) is 25.0 Å². The number of amides is 1. The molecule has 1 saturated carbocycles. The van der Waals surface area contributed by atoms with Crippen LogP contribution in [0, 0.1) is 5.92 Å². The predicted octanol–water partition coefficient (Wildman–Crippen LogP) is 5.22. The SMILES string of the molecule is CC1CN(C(=O)OC(C)(C)C)CCC1c1cc(B2OC(C)(C)C(C)(C)O2)cc(C2CC2)c1. The Morgan fingerprint density at radius 3 is 2.16 bits per heavy atom. The Morgan fingerprint density at radius 1 is 1.03 bits per heavy atom. The maximum absolute atomic E-state index is 12.6. The van der Waals surface area contributed by atoms with Crippen molar-refractivity contribution in [3.8, 4) is 0 Å². The first-order valence-electron chi connectivity index (χ1n) is 12.2. The summed E-state index contributed by atoms with van der Waals surface area (Å²) < 4.78 is 18.4. The summed E-state index contributed by atoms with van der Waals surface area (Å²) >= 11 is 0. The molecule has 32 heavy (non-hydrogen) atoms. The Labute approximate surface area is 194 Å². The predicted molar refractivity (Wildman–Crippen MR) is 128 cm³/mol. The van der Waals surface area contributed by atoms with Gasteiger partial charge in [0.1, 0.15) is 5.60 Å². The van der Waals surface area contributed by atoms with E-state index in [0.29, 0.717) is 17.8 Å². The quantitative estimate of drug-likeness (QED) is 0.604. The number of carbonyl (C=O) groups is 1. The molecule has 1 aliphatic carbocycles. The lowest BCUT2D eigenvalue weighted by Gasteiger charge is -2.38. The van der Waals surface area contributed by atoms with E-state index in [1.54, 1.807) is 0 Å². The molecule has 0 N–H and O–H groups in total. The van der Waals surface area contributed by atoms with E-state index < -0.39 is 5.60 Å². The van der Waals surface area contributed by atoms with Crippen molar-refractivity contribution < 1.29 is 18.8 Å². The van der Waals surface area contributed by atoms with Gasteiger partial charge in [0, 0.05) is 13.1 Å². The van der Waals surface area contributed by atoms with Crippen molar-refractivity contribution in [1.82, 2.24) is 4.90 Å². The summed E-state index contributed by atoms with van der Waals surface area (Å²) in [5.74, 6) is 1.43. The van der Waals surface area contributed by atoms with E-state index in [-0.39, 0.29) is 24.4 Å². The molecular weight excluding hydrogens is 401 g/mol. The number of rotatable bonds is 3. The molecule has 2 unspecified atom stereocenters. The molecule has 5 nitrogen and oxygen atoms in total. The van der Waals surface area contributed by atoms with Crippen LogP contribution in [-0.2, 0) is 14.0 Å². The minimum absolute atomic E-state index is 0.201. The van der Waals surface area contributed by atoms with Gasteiger partial charge < -0.3 is 18.9 Å². The fraction of sp³-hybridized carbons (Fsp3) is 0.731. The molecule has 176 valence electrons. The molecule has 3 fully saturated rings. The number of piperidine rings is 1. The molecule has 1 amide bonds. The maximum atomic E-state index is 12.6. The summed E-state index contributed by atoms with van der Waals surface area (Å²) in [6.07, 6.45) is 3.27. The fourth-order valence-electron chi connectivity index (χ4n) is 4.82. The molecule has 6 heteroatoms. The molecule has 1 aromatic rings. The molecule has 1 aromatic carbocycles. The lowest BCUT2D eigenvalue weighted by atomic mass is 9.73. The zero-order valence-electron chi connectivity index (χ0n) is 21.2. The fourth-order valence-corrected chi connectivity index (χ4v) is 4.82. The van der Waals surface area contributed by atoms with Crippen LogP contribution in [0.1, 0.15) is 97.6 Å². The zero-order chi connectivity index (χ0) is 23.5. The number of carbonyl (C=O) groups excluding carboxylic acids is 1. The van der Waals surface area contributed by atoms with Gasteiger partial charge in [-0.3, -0.25) is 0 Å². The van der Waals surface area contributed by atoms with E-state index in [9.17, 15) is 4.79 Å². The van der Waals surface area contributed by atoms with Crippen LogP contribution in [-0.4, -0.2) is 48.0 Å². The number of benzene rings is 1. The molecule has 3 aliphatic rings. The summed E-state index contributed by atoms with van der Waals surface area (Å²) in [5.41, 5.74) is 2.74. The summed E-state index contributed by atoms with van der Waals surface area (Å²) in [5, 5.41) is 0. The van der Waals surface area contributed by atoms with E-state index in [2.05, 4.69) is 52.8 Å². The second-order valence-electron chi connectivity index (χ2n) is 12.1. The highest BCUT2D eigenvalue weighted by molar-refractivity contribution is 6.62. The number of nitrogens with zero attached hydrogens (tertiary/aromatic N) is 1. The number of likely N-dealkylation sites (tertiary alicyclic amines) is 1. The Kier molecular flexibility index (Phi) is 5.95. The van der Waals surface area contributed by atoms with E-state index in [4.69, 9.17) is 14.0 Å². The molecule has 4 rings (SSSR count). The van der Waals surface area contributed by atoms with Crippen molar-refractivity contribution >= 4 is 18.7 Å². The smallest absolute Gasteiger partial charge is 0.444 e. The van der Waals surface area contributed by atoms with Crippen LogP contribution in [0.5, 0.6) is 0 Å². The first kappa shape index (κ1) is 23.6. The molecule has 2 aliphatic heterocycles. The third kappa shape index (κ3) is 4.86. The summed E-state index contributed by atoms with van der Waals surface area (Å²) in [6.45, 7) is 17.9. The topological polar surface area (TPSA) is 48.0 Å². The molecule has 0 bridgehead atoms. The van der Waals surface area contributed by atoms with Gasteiger partial charge in [0.05, 0.1) is 11.2 Å². The first-order valence-corrected chi connectivity index (χ1v) is 12.2. The van der Waals surface area contributed by atoms with Gasteiger partial charge in [-0.2, -0.15) is 0 Å². The lowest BCUT2D eigenvalue weighted by molar-refractivity contribution is 0.00578. The average molecular weight is 441 g/mol. The van der Waals surface area contributed by atoms with Crippen LogP contribution in [0.2, 0.25) is 0 Å². The van der Waals surface area contributed by atoms with Crippen LogP contribution in [0.15, 0.2) is 18.2 Å². The monoisotopic (exact) mass is 441 g/mol. The third-order valence-corrected chi connectivity index (χ3v) is 7.56. The van der Waals surface area contributed by atoms with Crippen LogP contribution >= 0.6 is 0 Å². The highest BCUT2D eigenvalue weighted by atomic mass is 16.7. The Hall–Kier alpha value is -1.53. The normalized spacial score (nSPS) is 27.5. The number of ether oxygens (including phenoxy) is 1. The lowest BCUT2D eigenvalue weighted by Crippen LogP contribution is -2.44. The first-order chi connectivity index (χ1) is 14.8. The van der Waals surface area contributed by atoms with Crippen molar-refractivity contribution in [2.24, 2.45) is 5.92 Å². The van der Waals surface area contributed by atoms with Crippen molar-refractivity contribution in [1.29, 1.82) is 0 Å². The van der Waals surface area contributed by atoms with Crippen LogP contribution in [0.25, 0.3) is 0 Å². The number of hydrogen-bond acceptors (Lipinski definition) is 4. The molecule has 0 aromatic heterocycles. The van der Waals surface area contributed by atoms with Crippen molar-refractivity contribution in [3.05, 3.63) is 29.3 Å². The summed E-state index contributed by atoms with van der Waals surface area (Å²) in [7, 11) is -0.338. The van der Waals surface area contributed by atoms with E-state index in [1.807, 2.05) is 25.7 Å². The standard InChI is InChI=1S/C26H40BNO4/c1-17-16-28(23(29)30-24(2,3)4)12-11-22(17)20-13-19(18-9-10-18)14-21(15-20)27-31-25(5,6)26(7,8)32-27/h13-15,17-18,22H,9-12,16H2,1-8H3.